The van der Waals surface area contributed by atoms with Gasteiger partial charge in [-0.05, 0) is 31.7 Å². The molecule has 7 heteroatoms. The minimum atomic E-state index is -0.488. The number of nitrogens with zero attached hydrogens (tertiary/aromatic N) is 1. The molecule has 2 fully saturated rings. The van der Waals surface area contributed by atoms with Crippen LogP contribution in [-0.2, 0) is 4.74 Å². The van der Waals surface area contributed by atoms with Crippen LogP contribution in [-0.4, -0.2) is 36.1 Å². The van der Waals surface area contributed by atoms with Gasteiger partial charge in [-0.1, -0.05) is 12.8 Å². The van der Waals surface area contributed by atoms with Crippen molar-refractivity contribution in [2.75, 3.05) is 19.0 Å². The van der Waals surface area contributed by atoms with E-state index in [0.717, 1.165) is 25.7 Å². The lowest BCUT2D eigenvalue weighted by atomic mass is 9.88. The van der Waals surface area contributed by atoms with Crippen LogP contribution in [0.5, 0.6) is 0 Å². The third-order valence-electron chi connectivity index (χ3n) is 5.05. The Morgan fingerprint density at radius 2 is 2.12 bits per heavy atom. The molecule has 2 N–H and O–H groups in total. The fraction of sp³-hybridized carbons (Fsp3) is 0.588. The molecule has 1 aliphatic heterocycles. The van der Waals surface area contributed by atoms with Crippen molar-refractivity contribution in [1.82, 2.24) is 5.32 Å². The predicted molar refractivity (Wildman–Crippen MR) is 90.3 cm³/mol. The Kier molecular flexibility index (Phi) is 4.71. The molecule has 1 heterocycles. The molecule has 0 bridgehead atoms. The van der Waals surface area contributed by atoms with Crippen molar-refractivity contribution in [2.45, 2.75) is 50.2 Å². The Balaban J connectivity index is 1.81. The van der Waals surface area contributed by atoms with E-state index in [1.807, 2.05) is 0 Å². The largest absolute Gasteiger partial charge is 0.381 e. The van der Waals surface area contributed by atoms with E-state index in [1.54, 1.807) is 6.07 Å². The molecule has 24 heavy (non-hydrogen) atoms. The van der Waals surface area contributed by atoms with Gasteiger partial charge >= 0.3 is 0 Å². The van der Waals surface area contributed by atoms with E-state index in [4.69, 9.17) is 4.74 Å². The summed E-state index contributed by atoms with van der Waals surface area (Å²) in [7, 11) is 1.52. The number of nitrogens with one attached hydrogen (secondary N) is 2. The number of carbonyl (C=O) groups excluding carboxylic acids is 1. The highest BCUT2D eigenvalue weighted by Gasteiger charge is 2.40. The van der Waals surface area contributed by atoms with Gasteiger partial charge in [0.15, 0.2) is 0 Å². The van der Waals surface area contributed by atoms with Crippen molar-refractivity contribution in [2.24, 2.45) is 0 Å². The summed E-state index contributed by atoms with van der Waals surface area (Å²) in [6, 6.07) is 4.59. The average molecular weight is 333 g/mol. The van der Waals surface area contributed by atoms with Crippen LogP contribution in [0.2, 0.25) is 0 Å². The molecule has 1 amide bonds. The van der Waals surface area contributed by atoms with Crippen molar-refractivity contribution < 1.29 is 14.5 Å². The number of hydrogen-bond acceptors (Lipinski definition) is 5. The Hall–Kier alpha value is -2.15. The number of non-ortho nitro benzene ring substituents is 1. The summed E-state index contributed by atoms with van der Waals surface area (Å²) in [5, 5.41) is 16.9. The number of carbonyl (C=O) groups is 1. The highest BCUT2D eigenvalue weighted by Crippen LogP contribution is 2.40. The lowest BCUT2D eigenvalue weighted by molar-refractivity contribution is -0.384. The number of rotatable bonds is 4. The molecule has 2 aliphatic rings. The van der Waals surface area contributed by atoms with Crippen LogP contribution in [0, 0.1) is 10.1 Å². The number of amides is 1. The van der Waals surface area contributed by atoms with Crippen LogP contribution >= 0.6 is 0 Å². The molecular weight excluding hydrogens is 310 g/mol. The monoisotopic (exact) mass is 333 g/mol. The summed E-state index contributed by atoms with van der Waals surface area (Å²) >= 11 is 0. The number of benzene rings is 1. The molecule has 1 saturated carbocycles. The number of nitro groups is 1. The number of ether oxygens (including phenoxy) is 1. The first-order valence-corrected chi connectivity index (χ1v) is 8.44. The van der Waals surface area contributed by atoms with E-state index in [2.05, 4.69) is 10.6 Å². The first kappa shape index (κ1) is 16.7. The van der Waals surface area contributed by atoms with Crippen molar-refractivity contribution in [3.63, 3.8) is 0 Å². The van der Waals surface area contributed by atoms with E-state index in [0.29, 0.717) is 17.9 Å². The first-order chi connectivity index (χ1) is 11.5. The van der Waals surface area contributed by atoms with Crippen molar-refractivity contribution in [3.8, 4) is 0 Å². The molecular formula is C17H23N3O4. The summed E-state index contributed by atoms with van der Waals surface area (Å²) in [5.74, 6) is -0.330. The third kappa shape index (κ3) is 3.36. The van der Waals surface area contributed by atoms with E-state index in [1.165, 1.54) is 32.0 Å². The summed E-state index contributed by atoms with van der Waals surface area (Å²) in [6.45, 7) is 0.708. The second-order valence-electron chi connectivity index (χ2n) is 6.64. The van der Waals surface area contributed by atoms with Gasteiger partial charge in [0.05, 0.1) is 16.1 Å². The van der Waals surface area contributed by atoms with Gasteiger partial charge in [0.2, 0.25) is 0 Å². The van der Waals surface area contributed by atoms with Gasteiger partial charge in [0.25, 0.3) is 11.6 Å². The van der Waals surface area contributed by atoms with Gasteiger partial charge in [-0.3, -0.25) is 14.9 Å². The minimum absolute atomic E-state index is 0.0239. The smallest absolute Gasteiger partial charge is 0.270 e. The van der Waals surface area contributed by atoms with E-state index >= 15 is 0 Å². The maximum Gasteiger partial charge on any atom is 0.270 e. The molecule has 0 radical (unpaired) electrons. The molecule has 1 spiro atoms. The van der Waals surface area contributed by atoms with Crippen LogP contribution in [0.3, 0.4) is 0 Å². The minimum Gasteiger partial charge on any atom is -0.381 e. The zero-order valence-electron chi connectivity index (χ0n) is 13.8. The molecule has 1 unspecified atom stereocenters. The van der Waals surface area contributed by atoms with Crippen LogP contribution < -0.4 is 10.6 Å². The van der Waals surface area contributed by atoms with Crippen LogP contribution in [0.4, 0.5) is 11.4 Å². The van der Waals surface area contributed by atoms with Gasteiger partial charge in [-0.25, -0.2) is 0 Å². The molecule has 1 aromatic rings. The van der Waals surface area contributed by atoms with Crippen molar-refractivity contribution in [3.05, 3.63) is 33.9 Å². The van der Waals surface area contributed by atoms with Gasteiger partial charge in [0.1, 0.15) is 0 Å². The average Bonchev–Trinajstić information content (AvgIpc) is 3.02. The van der Waals surface area contributed by atoms with Crippen LogP contribution in [0.25, 0.3) is 0 Å². The molecule has 1 aromatic carbocycles. The summed E-state index contributed by atoms with van der Waals surface area (Å²) in [4.78, 5) is 22.6. The molecule has 3 rings (SSSR count). The van der Waals surface area contributed by atoms with Gasteiger partial charge in [-0.15, -0.1) is 0 Å². The summed E-state index contributed by atoms with van der Waals surface area (Å²) in [6.07, 6.45) is 6.37. The Labute approximate surface area is 140 Å². The Bertz CT molecular complexity index is 641. The predicted octanol–water partition coefficient (Wildman–Crippen LogP) is 2.86. The second-order valence-corrected chi connectivity index (χ2v) is 6.64. The van der Waals surface area contributed by atoms with E-state index in [-0.39, 0.29) is 23.2 Å². The number of hydrogen-bond donors (Lipinski definition) is 2. The van der Waals surface area contributed by atoms with E-state index in [9.17, 15) is 14.9 Å². The zero-order chi connectivity index (χ0) is 17.2. The second kappa shape index (κ2) is 6.76. The molecule has 1 saturated heterocycles. The fourth-order valence-electron chi connectivity index (χ4n) is 3.83. The lowest BCUT2D eigenvalue weighted by Crippen LogP contribution is -2.42. The highest BCUT2D eigenvalue weighted by atomic mass is 16.6. The summed E-state index contributed by atoms with van der Waals surface area (Å²) < 4.78 is 6.04. The molecule has 1 atom stereocenters. The van der Waals surface area contributed by atoms with Crippen LogP contribution in [0.15, 0.2) is 18.2 Å². The van der Waals surface area contributed by atoms with Gasteiger partial charge in [0, 0.05) is 37.5 Å². The van der Waals surface area contributed by atoms with Crippen LogP contribution in [0.1, 0.15) is 48.9 Å². The maximum atomic E-state index is 12.1. The van der Waals surface area contributed by atoms with E-state index < -0.39 is 4.92 Å². The Morgan fingerprint density at radius 3 is 2.79 bits per heavy atom. The fourth-order valence-corrected chi connectivity index (χ4v) is 3.83. The normalized spacial score (nSPS) is 22.3. The number of nitro benzene ring substituents is 1. The molecule has 1 aliphatic carbocycles. The maximum absolute atomic E-state index is 12.1. The quantitative estimate of drug-likeness (QED) is 0.653. The molecule has 7 nitrogen and oxygen atoms in total. The molecule has 0 aromatic heterocycles. The van der Waals surface area contributed by atoms with Crippen molar-refractivity contribution >= 4 is 17.3 Å². The first-order valence-electron chi connectivity index (χ1n) is 8.44. The lowest BCUT2D eigenvalue weighted by Gasteiger charge is -2.39. The Morgan fingerprint density at radius 1 is 1.38 bits per heavy atom. The molecule has 130 valence electrons. The van der Waals surface area contributed by atoms with Crippen molar-refractivity contribution in [1.29, 1.82) is 0 Å². The van der Waals surface area contributed by atoms with Gasteiger partial charge < -0.3 is 15.4 Å². The topological polar surface area (TPSA) is 93.5 Å². The SMILES string of the molecule is CNC(=O)c1cc([N+](=O)[O-])ccc1NC1CCOC2(CCCC2)C1. The highest BCUT2D eigenvalue weighted by molar-refractivity contribution is 6.00. The third-order valence-corrected chi connectivity index (χ3v) is 5.05. The number of anilines is 1. The standard InChI is InChI=1S/C17H23N3O4/c1-18-16(21)14-10-13(20(22)23)4-5-15(14)19-12-6-9-24-17(11-12)7-2-3-8-17/h4-5,10,12,19H,2-3,6-9,11H2,1H3,(H,18,21). The zero-order valence-corrected chi connectivity index (χ0v) is 13.8. The summed E-state index contributed by atoms with van der Waals surface area (Å²) in [5.41, 5.74) is 0.834. The van der Waals surface area contributed by atoms with Gasteiger partial charge in [-0.2, -0.15) is 0 Å².